The lowest BCUT2D eigenvalue weighted by molar-refractivity contribution is 0.0667. The van der Waals surface area contributed by atoms with Crippen LogP contribution in [0.5, 0.6) is 0 Å². The third kappa shape index (κ3) is 3.85. The molecule has 24 heavy (non-hydrogen) atoms. The first-order chi connectivity index (χ1) is 11.6. The maximum atomic E-state index is 13.0. The average Bonchev–Trinajstić information content (AvgIpc) is 3.28. The molecule has 0 bridgehead atoms. The van der Waals surface area contributed by atoms with Gasteiger partial charge in [-0.05, 0) is 39.1 Å². The van der Waals surface area contributed by atoms with E-state index in [2.05, 4.69) is 14.8 Å². The summed E-state index contributed by atoms with van der Waals surface area (Å²) in [5.74, 6) is 0.849. The van der Waals surface area contributed by atoms with Gasteiger partial charge in [0.05, 0.1) is 6.20 Å². The lowest BCUT2D eigenvalue weighted by Gasteiger charge is -2.30. The second-order valence-electron chi connectivity index (χ2n) is 6.68. The number of benzene rings is 1. The summed E-state index contributed by atoms with van der Waals surface area (Å²) in [6.07, 6.45) is 7.78. The zero-order chi connectivity index (χ0) is 16.9. The number of hydrogen-bond donors (Lipinski definition) is 0. The number of rotatable bonds is 6. The van der Waals surface area contributed by atoms with Gasteiger partial charge < -0.3 is 14.2 Å². The monoisotopic (exact) mass is 327 g/mol. The van der Waals surface area contributed by atoms with Crippen LogP contribution in [0.25, 0.3) is 11.3 Å². The zero-order valence-electron chi connectivity index (χ0n) is 14.4. The minimum atomic E-state index is 0.132. The molecule has 1 fully saturated rings. The number of carbonyl (C=O) groups is 1. The van der Waals surface area contributed by atoms with Gasteiger partial charge in [0.1, 0.15) is 0 Å². The van der Waals surface area contributed by atoms with Crippen molar-refractivity contribution in [1.82, 2.24) is 14.8 Å². The number of hydrogen-bond acceptors (Lipinski definition) is 4. The predicted octanol–water partition coefficient (Wildman–Crippen LogP) is 3.29. The standard InChI is InChI=1S/C19H25N3O2/c1-21(2)11-12-22(17-5-3-4-6-17)19(23)16-9-7-15(8-10-16)18-13-20-14-24-18/h7-10,13-14,17H,3-6,11-12H2,1-2H3. The molecule has 1 amide bonds. The number of nitrogens with zero attached hydrogens (tertiary/aromatic N) is 3. The van der Waals surface area contributed by atoms with Gasteiger partial charge >= 0.3 is 0 Å². The summed E-state index contributed by atoms with van der Waals surface area (Å²) >= 11 is 0. The molecule has 0 atom stereocenters. The van der Waals surface area contributed by atoms with Crippen molar-refractivity contribution in [3.8, 4) is 11.3 Å². The third-order valence-electron chi connectivity index (χ3n) is 4.66. The van der Waals surface area contributed by atoms with E-state index in [4.69, 9.17) is 4.42 Å². The Labute approximate surface area is 143 Å². The Bertz CT molecular complexity index is 644. The fraction of sp³-hybridized carbons (Fsp3) is 0.474. The Kier molecular flexibility index (Phi) is 5.30. The SMILES string of the molecule is CN(C)CCN(C(=O)c1ccc(-c2cnco2)cc1)C1CCCC1. The van der Waals surface area contributed by atoms with Crippen LogP contribution >= 0.6 is 0 Å². The Morgan fingerprint density at radius 2 is 1.88 bits per heavy atom. The van der Waals surface area contributed by atoms with Crippen molar-refractivity contribution in [2.24, 2.45) is 0 Å². The van der Waals surface area contributed by atoms with Crippen molar-refractivity contribution < 1.29 is 9.21 Å². The van der Waals surface area contributed by atoms with Crippen LogP contribution < -0.4 is 0 Å². The van der Waals surface area contributed by atoms with Crippen molar-refractivity contribution in [3.05, 3.63) is 42.4 Å². The molecule has 1 aliphatic rings. The van der Waals surface area contributed by atoms with E-state index < -0.39 is 0 Å². The minimum absolute atomic E-state index is 0.132. The van der Waals surface area contributed by atoms with Gasteiger partial charge in [0, 0.05) is 30.3 Å². The van der Waals surface area contributed by atoms with E-state index in [1.165, 1.54) is 19.2 Å². The Morgan fingerprint density at radius 3 is 2.46 bits per heavy atom. The summed E-state index contributed by atoms with van der Waals surface area (Å²) in [5.41, 5.74) is 1.67. The van der Waals surface area contributed by atoms with Crippen molar-refractivity contribution in [2.75, 3.05) is 27.2 Å². The van der Waals surface area contributed by atoms with Crippen LogP contribution in [0, 0.1) is 0 Å². The molecule has 1 heterocycles. The largest absolute Gasteiger partial charge is 0.444 e. The number of aromatic nitrogens is 1. The predicted molar refractivity (Wildman–Crippen MR) is 93.8 cm³/mol. The van der Waals surface area contributed by atoms with Gasteiger partial charge in [-0.15, -0.1) is 0 Å². The number of oxazole rings is 1. The number of carbonyl (C=O) groups excluding carboxylic acids is 1. The topological polar surface area (TPSA) is 49.6 Å². The third-order valence-corrected chi connectivity index (χ3v) is 4.66. The first-order valence-corrected chi connectivity index (χ1v) is 8.60. The summed E-state index contributed by atoms with van der Waals surface area (Å²) in [5, 5.41) is 0. The highest BCUT2D eigenvalue weighted by Crippen LogP contribution is 2.26. The highest BCUT2D eigenvalue weighted by Gasteiger charge is 2.27. The van der Waals surface area contributed by atoms with Crippen LogP contribution in [0.2, 0.25) is 0 Å². The van der Waals surface area contributed by atoms with E-state index in [1.54, 1.807) is 6.20 Å². The molecule has 1 aliphatic carbocycles. The lowest BCUT2D eigenvalue weighted by atomic mass is 10.1. The molecule has 2 aromatic rings. The van der Waals surface area contributed by atoms with E-state index in [9.17, 15) is 4.79 Å². The van der Waals surface area contributed by atoms with Crippen LogP contribution in [-0.4, -0.2) is 53.9 Å². The smallest absolute Gasteiger partial charge is 0.254 e. The molecule has 0 spiro atoms. The van der Waals surface area contributed by atoms with Crippen molar-refractivity contribution in [1.29, 1.82) is 0 Å². The average molecular weight is 327 g/mol. The van der Waals surface area contributed by atoms with Crippen molar-refractivity contribution in [2.45, 2.75) is 31.7 Å². The summed E-state index contributed by atoms with van der Waals surface area (Å²) in [7, 11) is 4.09. The molecule has 0 radical (unpaired) electrons. The minimum Gasteiger partial charge on any atom is -0.444 e. The molecule has 0 unspecified atom stereocenters. The molecule has 0 N–H and O–H groups in total. The second kappa shape index (κ2) is 7.62. The fourth-order valence-electron chi connectivity index (χ4n) is 3.27. The number of likely N-dealkylation sites (N-methyl/N-ethyl adjacent to an activating group) is 1. The molecule has 0 aliphatic heterocycles. The molecule has 5 heteroatoms. The zero-order valence-corrected chi connectivity index (χ0v) is 14.4. The van der Waals surface area contributed by atoms with Crippen LogP contribution in [0.3, 0.4) is 0 Å². The highest BCUT2D eigenvalue weighted by atomic mass is 16.3. The van der Waals surface area contributed by atoms with Gasteiger partial charge in [-0.1, -0.05) is 25.0 Å². The normalized spacial score (nSPS) is 15.1. The molecular weight excluding hydrogens is 302 g/mol. The fourth-order valence-corrected chi connectivity index (χ4v) is 3.27. The Morgan fingerprint density at radius 1 is 1.17 bits per heavy atom. The van der Waals surface area contributed by atoms with Gasteiger partial charge in [0.15, 0.2) is 12.2 Å². The van der Waals surface area contributed by atoms with Crippen LogP contribution in [0.15, 0.2) is 41.3 Å². The second-order valence-corrected chi connectivity index (χ2v) is 6.68. The van der Waals surface area contributed by atoms with E-state index in [1.807, 2.05) is 38.4 Å². The molecular formula is C19H25N3O2. The highest BCUT2D eigenvalue weighted by molar-refractivity contribution is 5.94. The van der Waals surface area contributed by atoms with Crippen molar-refractivity contribution in [3.63, 3.8) is 0 Å². The van der Waals surface area contributed by atoms with Crippen LogP contribution in [0.4, 0.5) is 0 Å². The summed E-state index contributed by atoms with van der Waals surface area (Å²) in [6, 6.07) is 8.00. The quantitative estimate of drug-likeness (QED) is 0.817. The number of amides is 1. The summed E-state index contributed by atoms with van der Waals surface area (Å²) in [4.78, 5) is 21.1. The van der Waals surface area contributed by atoms with Crippen LogP contribution in [-0.2, 0) is 0 Å². The van der Waals surface area contributed by atoms with E-state index in [0.29, 0.717) is 11.8 Å². The molecule has 128 valence electrons. The maximum Gasteiger partial charge on any atom is 0.254 e. The van der Waals surface area contributed by atoms with Crippen molar-refractivity contribution >= 4 is 5.91 Å². The Hall–Kier alpha value is -2.14. The van der Waals surface area contributed by atoms with Gasteiger partial charge in [-0.25, -0.2) is 4.98 Å². The molecule has 3 rings (SSSR count). The lowest BCUT2D eigenvalue weighted by Crippen LogP contribution is -2.42. The van der Waals surface area contributed by atoms with Crippen LogP contribution in [0.1, 0.15) is 36.0 Å². The maximum absolute atomic E-state index is 13.0. The van der Waals surface area contributed by atoms with E-state index in [0.717, 1.165) is 37.1 Å². The first kappa shape index (κ1) is 16.7. The van der Waals surface area contributed by atoms with E-state index in [-0.39, 0.29) is 5.91 Å². The molecule has 1 saturated carbocycles. The summed E-state index contributed by atoms with van der Waals surface area (Å²) in [6.45, 7) is 1.67. The van der Waals surface area contributed by atoms with Gasteiger partial charge in [-0.3, -0.25) is 4.79 Å². The molecule has 0 saturated heterocycles. The summed E-state index contributed by atoms with van der Waals surface area (Å²) < 4.78 is 5.30. The first-order valence-electron chi connectivity index (χ1n) is 8.60. The van der Waals surface area contributed by atoms with Gasteiger partial charge in [0.2, 0.25) is 0 Å². The van der Waals surface area contributed by atoms with Gasteiger partial charge in [-0.2, -0.15) is 0 Å². The molecule has 1 aromatic carbocycles. The molecule has 1 aromatic heterocycles. The van der Waals surface area contributed by atoms with Gasteiger partial charge in [0.25, 0.3) is 5.91 Å². The molecule has 5 nitrogen and oxygen atoms in total. The Balaban J connectivity index is 1.75. The van der Waals surface area contributed by atoms with E-state index >= 15 is 0 Å².